The van der Waals surface area contributed by atoms with E-state index in [2.05, 4.69) is 5.32 Å². The minimum Gasteiger partial charge on any atom is -0.397 e. The van der Waals surface area contributed by atoms with Gasteiger partial charge in [-0.25, -0.2) is 5.48 Å². The third-order valence-corrected chi connectivity index (χ3v) is 2.93. The summed E-state index contributed by atoms with van der Waals surface area (Å²) in [6.07, 6.45) is 13.4. The molecule has 0 fully saturated rings. The fraction of sp³-hybridized carbons (Fsp3) is 0.176. The van der Waals surface area contributed by atoms with Gasteiger partial charge in [0.05, 0.1) is 11.4 Å². The first-order chi connectivity index (χ1) is 11.2. The van der Waals surface area contributed by atoms with Crippen LogP contribution in [0.1, 0.15) is 18.4 Å². The number of hydrogen-bond donors (Lipinski definition) is 5. The molecule has 1 rings (SSSR count). The molecule has 0 saturated carbocycles. The summed E-state index contributed by atoms with van der Waals surface area (Å²) in [7, 11) is 0. The van der Waals surface area contributed by atoms with Crippen LogP contribution in [0.5, 0.6) is 0 Å². The van der Waals surface area contributed by atoms with E-state index in [0.29, 0.717) is 5.69 Å². The van der Waals surface area contributed by atoms with Crippen LogP contribution in [0.2, 0.25) is 0 Å². The van der Waals surface area contributed by atoms with E-state index in [-0.39, 0.29) is 0 Å². The van der Waals surface area contributed by atoms with E-state index in [1.54, 1.807) is 18.2 Å². The van der Waals surface area contributed by atoms with Crippen molar-refractivity contribution in [1.82, 2.24) is 5.48 Å². The van der Waals surface area contributed by atoms with Crippen molar-refractivity contribution in [1.29, 1.82) is 5.41 Å². The fourth-order valence-electron chi connectivity index (χ4n) is 1.79. The van der Waals surface area contributed by atoms with Gasteiger partial charge in [-0.2, -0.15) is 0 Å². The van der Waals surface area contributed by atoms with Gasteiger partial charge in [-0.1, -0.05) is 24.3 Å². The number of unbranched alkanes of at least 4 members (excludes halogenated alkanes) is 1. The van der Waals surface area contributed by atoms with Gasteiger partial charge >= 0.3 is 0 Å². The number of benzene rings is 1. The van der Waals surface area contributed by atoms with Crippen molar-refractivity contribution in [2.24, 2.45) is 0 Å². The van der Waals surface area contributed by atoms with Gasteiger partial charge in [-0.05, 0) is 42.7 Å². The van der Waals surface area contributed by atoms with E-state index in [1.165, 1.54) is 17.8 Å². The summed E-state index contributed by atoms with van der Waals surface area (Å²) in [5.74, 6) is -0.589. The van der Waals surface area contributed by atoms with Crippen LogP contribution in [-0.4, -0.2) is 23.9 Å². The van der Waals surface area contributed by atoms with Crippen LogP contribution in [0.25, 0.3) is 6.08 Å². The normalized spacial score (nSPS) is 11.3. The Kier molecular flexibility index (Phi) is 8.55. The van der Waals surface area contributed by atoms with E-state index in [4.69, 9.17) is 16.4 Å². The fourth-order valence-corrected chi connectivity index (χ4v) is 1.79. The Morgan fingerprint density at radius 2 is 2.13 bits per heavy atom. The van der Waals surface area contributed by atoms with E-state index in [1.807, 2.05) is 30.4 Å². The highest BCUT2D eigenvalue weighted by Crippen LogP contribution is 2.20. The molecule has 0 aromatic heterocycles. The second-order valence-corrected chi connectivity index (χ2v) is 4.70. The van der Waals surface area contributed by atoms with Crippen molar-refractivity contribution < 1.29 is 10.0 Å². The number of nitrogens with two attached hydrogens (primary N) is 1. The van der Waals surface area contributed by atoms with Gasteiger partial charge in [0, 0.05) is 18.8 Å². The van der Waals surface area contributed by atoms with Gasteiger partial charge in [0.25, 0.3) is 5.91 Å². The van der Waals surface area contributed by atoms with E-state index >= 15 is 0 Å². The van der Waals surface area contributed by atoms with Crippen molar-refractivity contribution >= 4 is 29.6 Å². The molecule has 0 aliphatic carbocycles. The van der Waals surface area contributed by atoms with Crippen LogP contribution in [0.3, 0.4) is 0 Å². The zero-order valence-corrected chi connectivity index (χ0v) is 12.8. The topological polar surface area (TPSA) is 111 Å². The first-order valence-electron chi connectivity index (χ1n) is 7.25. The van der Waals surface area contributed by atoms with E-state index in [0.717, 1.165) is 30.6 Å². The van der Waals surface area contributed by atoms with Gasteiger partial charge in [-0.3, -0.25) is 10.0 Å². The van der Waals surface area contributed by atoms with Crippen molar-refractivity contribution in [3.63, 3.8) is 0 Å². The van der Waals surface area contributed by atoms with Crippen molar-refractivity contribution in [2.75, 3.05) is 17.6 Å². The third kappa shape index (κ3) is 7.63. The standard InChI is InChI=1S/C17H22N4O2/c18-11-5-3-1-2-4-6-12-20-16-9-7-14(13-15(16)19)8-10-17(22)21-23/h1-3,5,7-11,13,18,20,23H,4,6,12,19H2,(H,21,22)/b2-1+,5-3-,10-8+,18-11?. The van der Waals surface area contributed by atoms with Crippen LogP contribution in [0.15, 0.2) is 48.6 Å². The number of amides is 1. The Labute approximate surface area is 135 Å². The molecule has 122 valence electrons. The maximum Gasteiger partial charge on any atom is 0.267 e. The highest BCUT2D eigenvalue weighted by atomic mass is 16.5. The van der Waals surface area contributed by atoms with Crippen LogP contribution >= 0.6 is 0 Å². The molecule has 23 heavy (non-hydrogen) atoms. The van der Waals surface area contributed by atoms with Crippen LogP contribution in [0, 0.1) is 5.41 Å². The molecule has 0 heterocycles. The number of anilines is 2. The second kappa shape index (κ2) is 10.8. The first kappa shape index (κ1) is 18.2. The monoisotopic (exact) mass is 314 g/mol. The van der Waals surface area contributed by atoms with Gasteiger partial charge in [0.1, 0.15) is 0 Å². The highest BCUT2D eigenvalue weighted by Gasteiger charge is 1.99. The van der Waals surface area contributed by atoms with Gasteiger partial charge < -0.3 is 16.5 Å². The summed E-state index contributed by atoms with van der Waals surface area (Å²) in [6, 6.07) is 5.45. The van der Waals surface area contributed by atoms with Crippen LogP contribution in [-0.2, 0) is 4.79 Å². The Hall–Kier alpha value is -2.86. The number of nitrogens with one attached hydrogen (secondary N) is 3. The maximum absolute atomic E-state index is 10.9. The summed E-state index contributed by atoms with van der Waals surface area (Å²) in [6.45, 7) is 0.797. The molecule has 0 unspecified atom stereocenters. The molecule has 0 aliphatic rings. The molecule has 0 saturated heterocycles. The molecule has 0 aliphatic heterocycles. The number of rotatable bonds is 9. The molecule has 6 nitrogen and oxygen atoms in total. The number of hydroxylamine groups is 1. The number of nitrogen functional groups attached to an aromatic ring is 1. The summed E-state index contributed by atoms with van der Waals surface area (Å²) < 4.78 is 0. The first-order valence-corrected chi connectivity index (χ1v) is 7.25. The average molecular weight is 314 g/mol. The summed E-state index contributed by atoms with van der Waals surface area (Å²) in [5, 5.41) is 18.5. The Balaban J connectivity index is 2.42. The molecule has 0 atom stereocenters. The lowest BCUT2D eigenvalue weighted by Crippen LogP contribution is -2.14. The summed E-state index contributed by atoms with van der Waals surface area (Å²) in [5.41, 5.74) is 9.71. The number of hydrogen-bond acceptors (Lipinski definition) is 5. The number of carbonyl (C=O) groups is 1. The lowest BCUT2D eigenvalue weighted by molar-refractivity contribution is -0.124. The minimum absolute atomic E-state index is 0.589. The summed E-state index contributed by atoms with van der Waals surface area (Å²) in [4.78, 5) is 10.9. The van der Waals surface area contributed by atoms with E-state index in [9.17, 15) is 4.79 Å². The Morgan fingerprint density at radius 1 is 1.30 bits per heavy atom. The van der Waals surface area contributed by atoms with Gasteiger partial charge in [-0.15, -0.1) is 0 Å². The molecule has 6 heteroatoms. The molecule has 1 aromatic carbocycles. The Morgan fingerprint density at radius 3 is 2.83 bits per heavy atom. The predicted octanol–water partition coefficient (Wildman–Crippen LogP) is 2.74. The largest absolute Gasteiger partial charge is 0.397 e. The number of carbonyl (C=O) groups excluding carboxylic acids is 1. The molecule has 6 N–H and O–H groups in total. The third-order valence-electron chi connectivity index (χ3n) is 2.93. The van der Waals surface area contributed by atoms with Gasteiger partial charge in [0.15, 0.2) is 0 Å². The SMILES string of the molecule is N=C/C=C\C=C\CCCNc1ccc(/C=C/C(=O)NO)cc1N. The van der Waals surface area contributed by atoms with Crippen LogP contribution < -0.4 is 16.5 Å². The van der Waals surface area contributed by atoms with Gasteiger partial charge in [0.2, 0.25) is 0 Å². The minimum atomic E-state index is -0.589. The van der Waals surface area contributed by atoms with Crippen LogP contribution in [0.4, 0.5) is 11.4 Å². The van der Waals surface area contributed by atoms with Crippen molar-refractivity contribution in [3.05, 3.63) is 54.1 Å². The Bertz CT molecular complexity index is 607. The quantitative estimate of drug-likeness (QED) is 0.0917. The molecular formula is C17H22N4O2. The predicted molar refractivity (Wildman–Crippen MR) is 94.6 cm³/mol. The second-order valence-electron chi connectivity index (χ2n) is 4.70. The maximum atomic E-state index is 10.9. The lowest BCUT2D eigenvalue weighted by Gasteiger charge is -2.09. The molecular weight excluding hydrogens is 292 g/mol. The summed E-state index contributed by atoms with van der Waals surface area (Å²) >= 11 is 0. The van der Waals surface area contributed by atoms with Crippen molar-refractivity contribution in [2.45, 2.75) is 12.8 Å². The van der Waals surface area contributed by atoms with E-state index < -0.39 is 5.91 Å². The lowest BCUT2D eigenvalue weighted by atomic mass is 10.1. The molecule has 1 aromatic rings. The zero-order valence-electron chi connectivity index (χ0n) is 12.8. The van der Waals surface area contributed by atoms with Crippen molar-refractivity contribution in [3.8, 4) is 0 Å². The molecule has 0 spiro atoms. The molecule has 1 amide bonds. The molecule has 0 bridgehead atoms. The molecule has 0 radical (unpaired) electrons. The number of allylic oxidation sites excluding steroid dienone is 4. The average Bonchev–Trinajstić information content (AvgIpc) is 2.56. The smallest absolute Gasteiger partial charge is 0.267 e. The highest BCUT2D eigenvalue weighted by molar-refractivity contribution is 5.91. The zero-order chi connectivity index (χ0) is 16.9.